The maximum Gasteiger partial charge on any atom is 0.139 e. The minimum absolute atomic E-state index is 0.133. The van der Waals surface area contributed by atoms with E-state index in [4.69, 9.17) is 5.26 Å². The summed E-state index contributed by atoms with van der Waals surface area (Å²) >= 11 is 0. The summed E-state index contributed by atoms with van der Waals surface area (Å²) in [5.41, 5.74) is 1.18. The molecule has 2 heteroatoms. The molecule has 0 aliphatic rings. The van der Waals surface area contributed by atoms with Gasteiger partial charge in [-0.1, -0.05) is 24.0 Å². The molecule has 0 spiro atoms. The zero-order chi connectivity index (χ0) is 9.68. The number of rotatable bonds is 0. The number of benzene rings is 1. The lowest BCUT2D eigenvalue weighted by Gasteiger charge is -1.97. The van der Waals surface area contributed by atoms with Gasteiger partial charge in [-0.05, 0) is 18.6 Å². The van der Waals surface area contributed by atoms with E-state index in [2.05, 4.69) is 11.8 Å². The van der Waals surface area contributed by atoms with Crippen LogP contribution in [0.4, 0.5) is 4.39 Å². The molecule has 64 valence electrons. The maximum absolute atomic E-state index is 13.1. The number of hydrogen-bond donors (Lipinski definition) is 0. The summed E-state index contributed by atoms with van der Waals surface area (Å²) in [5, 5.41) is 8.24. The van der Waals surface area contributed by atoms with Crippen LogP contribution in [0, 0.1) is 35.9 Å². The van der Waals surface area contributed by atoms with E-state index >= 15 is 0 Å². The van der Waals surface area contributed by atoms with Crippen LogP contribution >= 0.6 is 0 Å². The highest BCUT2D eigenvalue weighted by molar-refractivity contribution is 5.41. The largest absolute Gasteiger partial charge is 0.206 e. The van der Waals surface area contributed by atoms with Crippen molar-refractivity contribution in [2.45, 2.75) is 13.3 Å². The van der Waals surface area contributed by atoms with Crippen LogP contribution in [0.1, 0.15) is 17.5 Å². The van der Waals surface area contributed by atoms with Crippen molar-refractivity contribution in [1.29, 1.82) is 5.26 Å². The molecule has 0 saturated heterocycles. The fourth-order valence-corrected chi connectivity index (χ4v) is 0.962. The lowest BCUT2D eigenvalue weighted by atomic mass is 10.1. The van der Waals surface area contributed by atoms with Gasteiger partial charge in [0.1, 0.15) is 5.82 Å². The van der Waals surface area contributed by atoms with E-state index in [-0.39, 0.29) is 12.2 Å². The van der Waals surface area contributed by atoms with Gasteiger partial charge in [0.15, 0.2) is 0 Å². The Balaban J connectivity index is 3.03. The van der Waals surface area contributed by atoms with Gasteiger partial charge in [-0.2, -0.15) is 5.26 Å². The van der Waals surface area contributed by atoms with Crippen molar-refractivity contribution in [3.05, 3.63) is 35.1 Å². The van der Waals surface area contributed by atoms with Crippen molar-refractivity contribution >= 4 is 0 Å². The Hall–Kier alpha value is -1.80. The highest BCUT2D eigenvalue weighted by Crippen LogP contribution is 2.10. The zero-order valence-corrected chi connectivity index (χ0v) is 7.26. The third kappa shape index (κ3) is 2.32. The summed E-state index contributed by atoms with van der Waals surface area (Å²) in [4.78, 5) is 0. The van der Waals surface area contributed by atoms with Gasteiger partial charge < -0.3 is 0 Å². The fraction of sp³-hybridized carbons (Fsp3) is 0.182. The summed E-state index contributed by atoms with van der Waals surface area (Å²) in [6, 6.07) is 6.68. The first-order chi connectivity index (χ1) is 6.25. The molecule has 0 atom stereocenters. The molecule has 1 rings (SSSR count). The number of aryl methyl sites for hydroxylation is 1. The fourth-order valence-electron chi connectivity index (χ4n) is 0.962. The van der Waals surface area contributed by atoms with Gasteiger partial charge in [0.2, 0.25) is 0 Å². The van der Waals surface area contributed by atoms with E-state index in [1.165, 1.54) is 6.07 Å². The van der Waals surface area contributed by atoms with Gasteiger partial charge in [-0.25, -0.2) is 4.39 Å². The SMILES string of the molecule is Cc1cccc(F)c1C#CCC#N. The molecule has 0 aromatic heterocycles. The molecule has 0 aliphatic heterocycles. The van der Waals surface area contributed by atoms with Gasteiger partial charge in [-0.15, -0.1) is 0 Å². The number of hydrogen-bond acceptors (Lipinski definition) is 1. The Labute approximate surface area is 76.8 Å². The third-order valence-corrected chi connectivity index (χ3v) is 1.60. The first-order valence-corrected chi connectivity index (χ1v) is 3.86. The topological polar surface area (TPSA) is 23.8 Å². The quantitative estimate of drug-likeness (QED) is 0.552. The van der Waals surface area contributed by atoms with Gasteiger partial charge in [-0.3, -0.25) is 0 Å². The van der Waals surface area contributed by atoms with Gasteiger partial charge in [0, 0.05) is 0 Å². The monoisotopic (exact) mass is 173 g/mol. The molecule has 1 aromatic rings. The van der Waals surface area contributed by atoms with Crippen molar-refractivity contribution in [2.75, 3.05) is 0 Å². The summed E-state index contributed by atoms with van der Waals surface area (Å²) in [6.07, 6.45) is 0.133. The molecular weight excluding hydrogens is 165 g/mol. The average molecular weight is 173 g/mol. The highest BCUT2D eigenvalue weighted by atomic mass is 19.1. The summed E-state index contributed by atoms with van der Waals surface area (Å²) < 4.78 is 13.1. The van der Waals surface area contributed by atoms with Crippen molar-refractivity contribution in [2.24, 2.45) is 0 Å². The second-order valence-electron chi connectivity index (χ2n) is 2.57. The smallest absolute Gasteiger partial charge is 0.139 e. The van der Waals surface area contributed by atoms with E-state index in [1.54, 1.807) is 19.1 Å². The van der Waals surface area contributed by atoms with Crippen LogP contribution in [0.5, 0.6) is 0 Å². The normalized spacial score (nSPS) is 8.38. The zero-order valence-electron chi connectivity index (χ0n) is 7.26. The van der Waals surface area contributed by atoms with Crippen LogP contribution < -0.4 is 0 Å². The first-order valence-electron chi connectivity index (χ1n) is 3.86. The van der Waals surface area contributed by atoms with Crippen LogP contribution in [0.3, 0.4) is 0 Å². The molecule has 0 N–H and O–H groups in total. The van der Waals surface area contributed by atoms with Crippen molar-refractivity contribution in [3.63, 3.8) is 0 Å². The van der Waals surface area contributed by atoms with Crippen LogP contribution in [0.15, 0.2) is 18.2 Å². The Morgan fingerprint density at radius 2 is 2.23 bits per heavy atom. The van der Waals surface area contributed by atoms with Gasteiger partial charge >= 0.3 is 0 Å². The lowest BCUT2D eigenvalue weighted by Crippen LogP contribution is -1.87. The molecule has 0 aliphatic carbocycles. The Morgan fingerprint density at radius 1 is 1.46 bits per heavy atom. The highest BCUT2D eigenvalue weighted by Gasteiger charge is 2.00. The van der Waals surface area contributed by atoms with Crippen LogP contribution in [-0.4, -0.2) is 0 Å². The van der Waals surface area contributed by atoms with E-state index in [9.17, 15) is 4.39 Å². The summed E-state index contributed by atoms with van der Waals surface area (Å²) in [5.74, 6) is 4.89. The second kappa shape index (κ2) is 4.28. The summed E-state index contributed by atoms with van der Waals surface area (Å²) in [7, 11) is 0. The van der Waals surface area contributed by atoms with Crippen molar-refractivity contribution in [1.82, 2.24) is 0 Å². The standard InChI is InChI=1S/C11H8FN/c1-9-5-4-7-11(12)10(9)6-2-3-8-13/h4-5,7H,3H2,1H3. The molecule has 0 fully saturated rings. The molecule has 0 radical (unpaired) electrons. The molecule has 0 heterocycles. The Kier molecular flexibility index (Phi) is 3.06. The van der Waals surface area contributed by atoms with E-state index < -0.39 is 0 Å². The molecule has 0 saturated carbocycles. The van der Waals surface area contributed by atoms with E-state index in [0.717, 1.165) is 5.56 Å². The third-order valence-electron chi connectivity index (χ3n) is 1.60. The summed E-state index contributed by atoms with van der Waals surface area (Å²) in [6.45, 7) is 1.79. The molecular formula is C11H8FN. The second-order valence-corrected chi connectivity index (χ2v) is 2.57. The number of nitrogens with zero attached hydrogens (tertiary/aromatic N) is 1. The van der Waals surface area contributed by atoms with Gasteiger partial charge in [0.25, 0.3) is 0 Å². The molecule has 0 bridgehead atoms. The van der Waals surface area contributed by atoms with E-state index in [0.29, 0.717) is 5.56 Å². The molecule has 0 amide bonds. The molecule has 1 nitrogen and oxygen atoms in total. The van der Waals surface area contributed by atoms with Crippen LogP contribution in [0.25, 0.3) is 0 Å². The lowest BCUT2D eigenvalue weighted by molar-refractivity contribution is 0.623. The Morgan fingerprint density at radius 3 is 2.85 bits per heavy atom. The Bertz CT molecular complexity index is 384. The van der Waals surface area contributed by atoms with E-state index in [1.807, 2.05) is 6.07 Å². The minimum Gasteiger partial charge on any atom is -0.206 e. The average Bonchev–Trinajstić information content (AvgIpc) is 2.10. The van der Waals surface area contributed by atoms with Crippen LogP contribution in [0.2, 0.25) is 0 Å². The predicted octanol–water partition coefficient (Wildman–Crippen LogP) is 2.40. The van der Waals surface area contributed by atoms with Crippen molar-refractivity contribution < 1.29 is 4.39 Å². The molecule has 1 aromatic carbocycles. The first kappa shape index (κ1) is 9.29. The van der Waals surface area contributed by atoms with Gasteiger partial charge in [0.05, 0.1) is 18.1 Å². The van der Waals surface area contributed by atoms with Crippen LogP contribution in [-0.2, 0) is 0 Å². The van der Waals surface area contributed by atoms with Crippen molar-refractivity contribution in [3.8, 4) is 17.9 Å². The maximum atomic E-state index is 13.1. The number of nitriles is 1. The molecule has 13 heavy (non-hydrogen) atoms. The number of halogens is 1. The minimum atomic E-state index is -0.328. The molecule has 0 unspecified atom stereocenters. The predicted molar refractivity (Wildman–Crippen MR) is 48.2 cm³/mol.